The molecule has 0 aliphatic carbocycles. The number of rotatable bonds is 6. The van der Waals surface area contributed by atoms with Crippen molar-refractivity contribution in [3.63, 3.8) is 0 Å². The van der Waals surface area contributed by atoms with Crippen LogP contribution in [-0.4, -0.2) is 15.8 Å². The summed E-state index contributed by atoms with van der Waals surface area (Å²) >= 11 is 11.1. The maximum absolute atomic E-state index is 10.2. The number of halogens is 2. The molecular formula is C7H13Cl2NO2. The van der Waals surface area contributed by atoms with Gasteiger partial charge in [-0.3, -0.25) is 10.1 Å². The van der Waals surface area contributed by atoms with E-state index in [4.69, 9.17) is 23.2 Å². The number of alkyl halides is 2. The van der Waals surface area contributed by atoms with E-state index in [-0.39, 0.29) is 0 Å². The molecule has 2 atom stereocenters. The summed E-state index contributed by atoms with van der Waals surface area (Å²) in [6.07, 6.45) is 3.64. The van der Waals surface area contributed by atoms with Crippen molar-refractivity contribution in [2.75, 3.05) is 0 Å². The van der Waals surface area contributed by atoms with Crippen LogP contribution in [0.15, 0.2) is 0 Å². The number of nitrogens with zero attached hydrogens (tertiary/aromatic N) is 1. The van der Waals surface area contributed by atoms with Crippen molar-refractivity contribution in [1.29, 1.82) is 0 Å². The lowest BCUT2D eigenvalue weighted by molar-refractivity contribution is -0.498. The van der Waals surface area contributed by atoms with Crippen molar-refractivity contribution in [3.8, 4) is 0 Å². The van der Waals surface area contributed by atoms with Gasteiger partial charge in [0, 0.05) is 4.92 Å². The molecule has 0 rings (SSSR count). The Kier molecular flexibility index (Phi) is 6.48. The molecule has 5 heteroatoms. The van der Waals surface area contributed by atoms with Gasteiger partial charge in [0.25, 0.3) is 0 Å². The quantitative estimate of drug-likeness (QED) is 0.224. The van der Waals surface area contributed by atoms with E-state index in [1.54, 1.807) is 0 Å². The molecule has 0 aromatic carbocycles. The second-order valence-corrected chi connectivity index (χ2v) is 3.68. The summed E-state index contributed by atoms with van der Waals surface area (Å²) in [5, 5.41) is 9.61. The maximum Gasteiger partial charge on any atom is 0.302 e. The average molecular weight is 214 g/mol. The molecule has 0 fully saturated rings. The van der Waals surface area contributed by atoms with Gasteiger partial charge in [-0.2, -0.15) is 0 Å². The van der Waals surface area contributed by atoms with Gasteiger partial charge in [0.2, 0.25) is 0 Å². The molecule has 0 aliphatic heterocycles. The summed E-state index contributed by atoms with van der Waals surface area (Å²) in [5.74, 6) is 0. The summed E-state index contributed by atoms with van der Waals surface area (Å²) < 4.78 is 0. The SMILES string of the molecule is CCCCCC(Cl)C(Cl)[N+](=O)[O-]. The number of hydrogen-bond acceptors (Lipinski definition) is 2. The Hall–Kier alpha value is -0.0200. The Labute approximate surface area is 82.2 Å². The molecule has 12 heavy (non-hydrogen) atoms. The standard InChI is InChI=1S/C7H13Cl2NO2/c1-2-3-4-5-6(8)7(9)10(11)12/h6-7H,2-5H2,1H3. The molecule has 0 aliphatic rings. The second kappa shape index (κ2) is 6.49. The third-order valence-corrected chi connectivity index (χ3v) is 2.63. The molecular weight excluding hydrogens is 201 g/mol. The fourth-order valence-electron chi connectivity index (χ4n) is 0.859. The largest absolute Gasteiger partial charge is 0.302 e. The maximum atomic E-state index is 10.2. The van der Waals surface area contributed by atoms with Crippen LogP contribution in [0.2, 0.25) is 0 Å². The highest BCUT2D eigenvalue weighted by Gasteiger charge is 2.25. The van der Waals surface area contributed by atoms with Crippen LogP contribution >= 0.6 is 23.2 Å². The molecule has 0 N–H and O–H groups in total. The van der Waals surface area contributed by atoms with E-state index in [2.05, 4.69) is 6.92 Å². The lowest BCUT2D eigenvalue weighted by Crippen LogP contribution is -2.23. The van der Waals surface area contributed by atoms with E-state index < -0.39 is 15.8 Å². The molecule has 0 aromatic heterocycles. The van der Waals surface area contributed by atoms with Crippen LogP contribution in [0.4, 0.5) is 0 Å². The molecule has 3 nitrogen and oxygen atoms in total. The van der Waals surface area contributed by atoms with Crippen LogP contribution in [0.1, 0.15) is 32.6 Å². The predicted molar refractivity (Wildman–Crippen MR) is 50.4 cm³/mol. The first-order valence-electron chi connectivity index (χ1n) is 4.01. The molecule has 0 spiro atoms. The number of unbranched alkanes of at least 4 members (excludes halogenated alkanes) is 2. The van der Waals surface area contributed by atoms with Gasteiger partial charge in [0.15, 0.2) is 0 Å². The van der Waals surface area contributed by atoms with Crippen LogP contribution in [0.3, 0.4) is 0 Å². The average Bonchev–Trinajstić information content (AvgIpc) is 2.03. The minimum atomic E-state index is -1.15. The minimum absolute atomic E-state index is 0.548. The highest BCUT2D eigenvalue weighted by Crippen LogP contribution is 2.17. The number of nitro groups is 1. The first-order chi connectivity index (χ1) is 5.59. The Morgan fingerprint density at radius 1 is 1.42 bits per heavy atom. The molecule has 0 amide bonds. The van der Waals surface area contributed by atoms with Crippen molar-refractivity contribution < 1.29 is 4.92 Å². The normalized spacial score (nSPS) is 15.6. The van der Waals surface area contributed by atoms with E-state index >= 15 is 0 Å². The smallest absolute Gasteiger partial charge is 0.263 e. The highest BCUT2D eigenvalue weighted by molar-refractivity contribution is 6.29. The molecule has 72 valence electrons. The summed E-state index contributed by atoms with van der Waals surface area (Å²) in [5.41, 5.74) is -1.15. The molecule has 0 saturated heterocycles. The third kappa shape index (κ3) is 4.78. The first-order valence-corrected chi connectivity index (χ1v) is 4.88. The molecule has 0 saturated carbocycles. The lowest BCUT2D eigenvalue weighted by atomic mass is 10.1. The fourth-order valence-corrected chi connectivity index (χ4v) is 1.23. The summed E-state index contributed by atoms with van der Waals surface area (Å²) in [6.45, 7) is 2.06. The Balaban J connectivity index is 3.56. The van der Waals surface area contributed by atoms with Crippen LogP contribution in [-0.2, 0) is 0 Å². The fraction of sp³-hybridized carbons (Fsp3) is 1.00. The molecule has 0 bridgehead atoms. The van der Waals surface area contributed by atoms with Crippen LogP contribution in [0, 0.1) is 10.1 Å². The zero-order valence-electron chi connectivity index (χ0n) is 7.00. The highest BCUT2D eigenvalue weighted by atomic mass is 35.5. The Bertz CT molecular complexity index is 143. The second-order valence-electron chi connectivity index (χ2n) is 2.67. The van der Waals surface area contributed by atoms with Crippen molar-refractivity contribution in [2.45, 2.75) is 43.5 Å². The lowest BCUT2D eigenvalue weighted by Gasteiger charge is -2.08. The third-order valence-electron chi connectivity index (χ3n) is 1.58. The van der Waals surface area contributed by atoms with Gasteiger partial charge < -0.3 is 0 Å². The number of hydrogen-bond donors (Lipinski definition) is 0. The van der Waals surface area contributed by atoms with Gasteiger partial charge in [-0.1, -0.05) is 26.2 Å². The molecule has 0 heterocycles. The van der Waals surface area contributed by atoms with Gasteiger partial charge in [0.1, 0.15) is 5.38 Å². The van der Waals surface area contributed by atoms with Crippen molar-refractivity contribution in [3.05, 3.63) is 10.1 Å². The van der Waals surface area contributed by atoms with Crippen molar-refractivity contribution in [1.82, 2.24) is 0 Å². The van der Waals surface area contributed by atoms with Gasteiger partial charge in [-0.05, 0) is 18.0 Å². The summed E-state index contributed by atoms with van der Waals surface area (Å²) in [7, 11) is 0. The zero-order chi connectivity index (χ0) is 9.56. The van der Waals surface area contributed by atoms with Crippen molar-refractivity contribution >= 4 is 23.2 Å². The van der Waals surface area contributed by atoms with E-state index in [1.807, 2.05) is 0 Å². The molecule has 0 radical (unpaired) electrons. The molecule has 2 unspecified atom stereocenters. The van der Waals surface area contributed by atoms with Crippen LogP contribution in [0.5, 0.6) is 0 Å². The van der Waals surface area contributed by atoms with E-state index in [0.717, 1.165) is 19.3 Å². The van der Waals surface area contributed by atoms with E-state index in [9.17, 15) is 10.1 Å². The van der Waals surface area contributed by atoms with E-state index in [1.165, 1.54) is 0 Å². The minimum Gasteiger partial charge on any atom is -0.263 e. The zero-order valence-corrected chi connectivity index (χ0v) is 8.51. The van der Waals surface area contributed by atoms with Gasteiger partial charge in [-0.25, -0.2) is 0 Å². The Morgan fingerprint density at radius 3 is 2.42 bits per heavy atom. The summed E-state index contributed by atoms with van der Waals surface area (Å²) in [4.78, 5) is 9.61. The van der Waals surface area contributed by atoms with Crippen LogP contribution < -0.4 is 0 Å². The first kappa shape index (κ1) is 12.0. The predicted octanol–water partition coefficient (Wildman–Crippen LogP) is 3.02. The van der Waals surface area contributed by atoms with Crippen LogP contribution in [0.25, 0.3) is 0 Å². The van der Waals surface area contributed by atoms with Crippen molar-refractivity contribution in [2.24, 2.45) is 0 Å². The van der Waals surface area contributed by atoms with Gasteiger partial charge in [0.05, 0.1) is 0 Å². The van der Waals surface area contributed by atoms with E-state index in [0.29, 0.717) is 6.42 Å². The summed E-state index contributed by atoms with van der Waals surface area (Å²) in [6, 6.07) is 0. The van der Waals surface area contributed by atoms with Gasteiger partial charge in [-0.15, -0.1) is 11.6 Å². The van der Waals surface area contributed by atoms with Gasteiger partial charge >= 0.3 is 5.50 Å². The molecule has 0 aromatic rings. The Morgan fingerprint density at radius 2 is 2.00 bits per heavy atom. The monoisotopic (exact) mass is 213 g/mol. The topological polar surface area (TPSA) is 43.1 Å².